The van der Waals surface area contributed by atoms with Crippen LogP contribution in [0.2, 0.25) is 0 Å². The maximum absolute atomic E-state index is 14.5. The first-order valence-corrected chi connectivity index (χ1v) is 15.4. The predicted octanol–water partition coefficient (Wildman–Crippen LogP) is 5.39. The Morgan fingerprint density at radius 3 is 2.65 bits per heavy atom. The Morgan fingerprint density at radius 1 is 1.16 bits per heavy atom. The van der Waals surface area contributed by atoms with E-state index < -0.39 is 0 Å². The lowest BCUT2D eigenvalue weighted by molar-refractivity contribution is -0.142. The first-order chi connectivity index (χ1) is 17.9. The number of rotatable bonds is 7. The third-order valence-electron chi connectivity index (χ3n) is 9.42. The number of aromatic nitrogens is 1. The van der Waals surface area contributed by atoms with Gasteiger partial charge in [-0.2, -0.15) is 0 Å². The fourth-order valence-corrected chi connectivity index (χ4v) is 8.47. The van der Waals surface area contributed by atoms with Crippen LogP contribution in [0.25, 0.3) is 0 Å². The van der Waals surface area contributed by atoms with Gasteiger partial charge in [0.1, 0.15) is 0 Å². The SMILES string of the molecule is Cc1nc(CCN(C)C)c(C2(C)CNCC2C(=O)N2CCC(c3ccccc3)CC2C2CCCCC2)s1. The van der Waals surface area contributed by atoms with Crippen LogP contribution in [-0.4, -0.2) is 67.0 Å². The molecule has 1 amide bonds. The zero-order chi connectivity index (χ0) is 26.0. The molecule has 1 aromatic carbocycles. The minimum Gasteiger partial charge on any atom is -0.339 e. The molecule has 4 unspecified atom stereocenters. The minimum atomic E-state index is -0.196. The molecule has 1 saturated carbocycles. The molecular formula is C31H46N4OS. The molecule has 0 spiro atoms. The molecule has 1 aromatic heterocycles. The van der Waals surface area contributed by atoms with E-state index in [0.717, 1.165) is 50.4 Å². The van der Waals surface area contributed by atoms with Gasteiger partial charge in [0.25, 0.3) is 0 Å². The summed E-state index contributed by atoms with van der Waals surface area (Å²) in [5.74, 6) is 1.57. The van der Waals surface area contributed by atoms with E-state index in [2.05, 4.69) is 73.4 Å². The number of carbonyl (C=O) groups is 1. The molecule has 5 rings (SSSR count). The van der Waals surface area contributed by atoms with Gasteiger partial charge in [0.15, 0.2) is 0 Å². The molecule has 37 heavy (non-hydrogen) atoms. The maximum atomic E-state index is 14.5. The first kappa shape index (κ1) is 26.8. The number of likely N-dealkylation sites (N-methyl/N-ethyl adjacent to an activating group) is 1. The van der Waals surface area contributed by atoms with Crippen LogP contribution in [0.4, 0.5) is 0 Å². The van der Waals surface area contributed by atoms with Crippen LogP contribution in [-0.2, 0) is 16.6 Å². The normalized spacial score (nSPS) is 29.2. The van der Waals surface area contributed by atoms with Gasteiger partial charge in [0.05, 0.1) is 16.6 Å². The summed E-state index contributed by atoms with van der Waals surface area (Å²) in [5, 5.41) is 4.75. The van der Waals surface area contributed by atoms with Crippen LogP contribution >= 0.6 is 11.3 Å². The zero-order valence-electron chi connectivity index (χ0n) is 23.3. The molecule has 202 valence electrons. The Hall–Kier alpha value is -1.76. The van der Waals surface area contributed by atoms with Gasteiger partial charge >= 0.3 is 0 Å². The first-order valence-electron chi connectivity index (χ1n) is 14.5. The Bertz CT molecular complexity index is 1050. The van der Waals surface area contributed by atoms with E-state index in [1.165, 1.54) is 48.2 Å². The van der Waals surface area contributed by atoms with Gasteiger partial charge in [-0.3, -0.25) is 4.79 Å². The molecule has 0 bridgehead atoms. The average Bonchev–Trinajstić information content (AvgIpc) is 3.50. The van der Waals surface area contributed by atoms with E-state index in [0.29, 0.717) is 23.8 Å². The summed E-state index contributed by atoms with van der Waals surface area (Å²) in [7, 11) is 4.24. The molecule has 1 aliphatic carbocycles. The molecule has 2 aliphatic heterocycles. The lowest BCUT2D eigenvalue weighted by atomic mass is 9.73. The topological polar surface area (TPSA) is 48.5 Å². The molecule has 0 radical (unpaired) electrons. The molecule has 3 fully saturated rings. The Labute approximate surface area is 228 Å². The van der Waals surface area contributed by atoms with Crippen LogP contribution in [0.1, 0.15) is 78.9 Å². The van der Waals surface area contributed by atoms with Crippen molar-refractivity contribution in [3.05, 3.63) is 51.5 Å². The number of nitrogens with one attached hydrogen (secondary N) is 1. The second-order valence-corrected chi connectivity index (χ2v) is 13.5. The quantitative estimate of drug-likeness (QED) is 0.530. The number of carbonyl (C=O) groups excluding carboxylic acids is 1. The molecule has 2 aromatic rings. The van der Waals surface area contributed by atoms with Crippen LogP contribution in [0, 0.1) is 18.8 Å². The third-order valence-corrected chi connectivity index (χ3v) is 10.7. The van der Waals surface area contributed by atoms with Gasteiger partial charge in [0.2, 0.25) is 5.91 Å². The maximum Gasteiger partial charge on any atom is 0.228 e. The van der Waals surface area contributed by atoms with Gasteiger partial charge in [-0.25, -0.2) is 4.98 Å². The van der Waals surface area contributed by atoms with Crippen molar-refractivity contribution in [1.82, 2.24) is 20.1 Å². The predicted molar refractivity (Wildman–Crippen MR) is 153 cm³/mol. The number of hydrogen-bond acceptors (Lipinski definition) is 5. The number of nitrogens with zero attached hydrogens (tertiary/aromatic N) is 3. The van der Waals surface area contributed by atoms with Crippen LogP contribution in [0.3, 0.4) is 0 Å². The highest BCUT2D eigenvalue weighted by molar-refractivity contribution is 7.11. The Balaban J connectivity index is 1.41. The van der Waals surface area contributed by atoms with Gasteiger partial charge in [0, 0.05) is 48.9 Å². The van der Waals surface area contributed by atoms with Gasteiger partial charge in [-0.05, 0) is 64.1 Å². The highest BCUT2D eigenvalue weighted by Gasteiger charge is 2.50. The molecule has 1 N–H and O–H groups in total. The minimum absolute atomic E-state index is 0.0233. The summed E-state index contributed by atoms with van der Waals surface area (Å²) in [6.07, 6.45) is 9.67. The summed E-state index contributed by atoms with van der Waals surface area (Å²) >= 11 is 1.82. The molecule has 6 heteroatoms. The molecule has 2 saturated heterocycles. The standard InChI is InChI=1S/C31H46N4OS/c1-22-33-27(16-17-34(3)4)29(37-22)31(2)21-32-20-26(31)30(36)35-18-15-25(23-11-7-5-8-12-23)19-28(35)24-13-9-6-10-14-24/h5,7-8,11-12,24-26,28,32H,6,9-10,13-21H2,1-4H3. The molecule has 3 heterocycles. The monoisotopic (exact) mass is 522 g/mol. The summed E-state index contributed by atoms with van der Waals surface area (Å²) in [4.78, 5) is 25.4. The van der Waals surface area contributed by atoms with Gasteiger partial charge in [-0.1, -0.05) is 56.5 Å². The molecular weight excluding hydrogens is 476 g/mol. The average molecular weight is 523 g/mol. The summed E-state index contributed by atoms with van der Waals surface area (Å²) in [6, 6.07) is 11.4. The lowest BCUT2D eigenvalue weighted by Gasteiger charge is -2.46. The largest absolute Gasteiger partial charge is 0.339 e. The van der Waals surface area contributed by atoms with E-state index >= 15 is 0 Å². The van der Waals surface area contributed by atoms with Crippen molar-refractivity contribution in [3.8, 4) is 0 Å². The van der Waals surface area contributed by atoms with E-state index in [9.17, 15) is 4.79 Å². The number of hydrogen-bond donors (Lipinski definition) is 1. The van der Waals surface area contributed by atoms with Gasteiger partial charge < -0.3 is 15.1 Å². The van der Waals surface area contributed by atoms with Crippen molar-refractivity contribution < 1.29 is 4.79 Å². The Morgan fingerprint density at radius 2 is 1.92 bits per heavy atom. The summed E-state index contributed by atoms with van der Waals surface area (Å²) in [6.45, 7) is 7.94. The highest BCUT2D eigenvalue weighted by atomic mass is 32.1. The third kappa shape index (κ3) is 5.67. The fourth-order valence-electron chi connectivity index (χ4n) is 7.30. The van der Waals surface area contributed by atoms with Crippen LogP contribution < -0.4 is 5.32 Å². The van der Waals surface area contributed by atoms with Crippen molar-refractivity contribution >= 4 is 17.2 Å². The van der Waals surface area contributed by atoms with Crippen LogP contribution in [0.15, 0.2) is 30.3 Å². The molecule has 3 aliphatic rings. The second-order valence-electron chi connectivity index (χ2n) is 12.3. The smallest absolute Gasteiger partial charge is 0.228 e. The van der Waals surface area contributed by atoms with Crippen LogP contribution in [0.5, 0.6) is 0 Å². The number of aryl methyl sites for hydroxylation is 1. The van der Waals surface area contributed by atoms with E-state index in [1.807, 2.05) is 11.3 Å². The number of likely N-dealkylation sites (tertiary alicyclic amines) is 1. The Kier molecular flexibility index (Phi) is 8.37. The van der Waals surface area contributed by atoms with Crippen molar-refractivity contribution in [2.24, 2.45) is 11.8 Å². The number of thiazole rings is 1. The zero-order valence-corrected chi connectivity index (χ0v) is 24.2. The fraction of sp³-hybridized carbons (Fsp3) is 0.677. The van der Waals surface area contributed by atoms with Crippen molar-refractivity contribution in [1.29, 1.82) is 0 Å². The lowest BCUT2D eigenvalue weighted by Crippen LogP contribution is -2.54. The summed E-state index contributed by atoms with van der Waals surface area (Å²) < 4.78 is 0. The van der Waals surface area contributed by atoms with E-state index in [1.54, 1.807) is 0 Å². The van der Waals surface area contributed by atoms with E-state index in [4.69, 9.17) is 4.98 Å². The second kappa shape index (κ2) is 11.5. The number of benzene rings is 1. The summed E-state index contributed by atoms with van der Waals surface area (Å²) in [5.41, 5.74) is 2.46. The van der Waals surface area contributed by atoms with Crippen molar-refractivity contribution in [2.45, 2.75) is 82.6 Å². The van der Waals surface area contributed by atoms with Crippen molar-refractivity contribution in [2.75, 3.05) is 40.3 Å². The van der Waals surface area contributed by atoms with Crippen molar-refractivity contribution in [3.63, 3.8) is 0 Å². The molecule has 4 atom stereocenters. The van der Waals surface area contributed by atoms with E-state index in [-0.39, 0.29) is 11.3 Å². The number of piperidine rings is 1. The van der Waals surface area contributed by atoms with Gasteiger partial charge in [-0.15, -0.1) is 11.3 Å². The highest BCUT2D eigenvalue weighted by Crippen LogP contribution is 2.44. The number of amides is 1. The molecule has 5 nitrogen and oxygen atoms in total.